The summed E-state index contributed by atoms with van der Waals surface area (Å²) < 4.78 is 58.7. The zero-order valence-electron chi connectivity index (χ0n) is 19.9. The fourth-order valence-electron chi connectivity index (χ4n) is 4.18. The molecule has 1 aromatic heterocycles. The Hall–Kier alpha value is -4.66. The lowest BCUT2D eigenvalue weighted by atomic mass is 10.0. The normalized spacial score (nSPS) is 16.8. The van der Waals surface area contributed by atoms with Crippen LogP contribution in [-0.2, 0) is 14.6 Å². The molecule has 3 aromatic carbocycles. The number of ether oxygens (including phenoxy) is 3. The molecule has 0 aliphatic carbocycles. The Labute approximate surface area is 219 Å². The van der Waals surface area contributed by atoms with Gasteiger partial charge in [0.25, 0.3) is 0 Å². The van der Waals surface area contributed by atoms with E-state index in [2.05, 4.69) is 4.18 Å². The first-order valence-electron chi connectivity index (χ1n) is 11.1. The van der Waals surface area contributed by atoms with E-state index < -0.39 is 46.1 Å². The van der Waals surface area contributed by atoms with E-state index in [-0.39, 0.29) is 51.0 Å². The first kappa shape index (κ1) is 26.0. The molecule has 14 heteroatoms. The first-order valence-corrected chi connectivity index (χ1v) is 12.5. The molecule has 204 valence electrons. The van der Waals surface area contributed by atoms with Crippen LogP contribution in [0.25, 0.3) is 22.3 Å². The van der Waals surface area contributed by atoms with Gasteiger partial charge in [-0.25, -0.2) is 4.18 Å². The number of aromatic hydroxyl groups is 4. The average Bonchev–Trinajstić information content (AvgIpc) is 2.88. The minimum Gasteiger partial charge on any atom is -0.508 e. The van der Waals surface area contributed by atoms with Crippen molar-refractivity contribution >= 4 is 21.4 Å². The standard InChI is InChI=1S/C25H20O13S/c1-34-17-6-11(2-4-14(17)27)24-20(10-35-39(31,32)33)36-16-5-3-12(7-18(16)37-24)25-23(30)22(29)21-15(28)8-13(26)9-19(21)38-25/h2-9,20,24,26-28,30H,10H2,1H3,(H,31,32,33). The molecule has 2 atom stereocenters. The van der Waals surface area contributed by atoms with Crippen molar-refractivity contribution < 1.29 is 56.2 Å². The number of methoxy groups -OCH3 is 1. The van der Waals surface area contributed by atoms with Gasteiger partial charge in [-0.1, -0.05) is 6.07 Å². The molecule has 0 spiro atoms. The average molecular weight is 560 g/mol. The molecule has 5 rings (SSSR count). The van der Waals surface area contributed by atoms with Crippen LogP contribution in [0.2, 0.25) is 0 Å². The monoisotopic (exact) mass is 560 g/mol. The fraction of sp³-hybridized carbons (Fsp3) is 0.160. The molecule has 1 aliphatic rings. The van der Waals surface area contributed by atoms with Crippen molar-refractivity contribution in [3.8, 4) is 51.6 Å². The van der Waals surface area contributed by atoms with Crippen molar-refractivity contribution in [1.82, 2.24) is 0 Å². The van der Waals surface area contributed by atoms with Gasteiger partial charge in [0.15, 0.2) is 41.0 Å². The summed E-state index contributed by atoms with van der Waals surface area (Å²) in [4.78, 5) is 12.7. The number of hydrogen-bond donors (Lipinski definition) is 5. The Balaban J connectivity index is 1.59. The van der Waals surface area contributed by atoms with Gasteiger partial charge < -0.3 is 39.1 Å². The Morgan fingerprint density at radius 2 is 1.69 bits per heavy atom. The highest BCUT2D eigenvalue weighted by atomic mass is 32.3. The van der Waals surface area contributed by atoms with Gasteiger partial charge in [0, 0.05) is 23.3 Å². The SMILES string of the molecule is COc1cc(C2Oc3cc(-c4oc5cc(O)cc(O)c5c(=O)c4O)ccc3OC2COS(=O)(=O)O)ccc1O. The maximum absolute atomic E-state index is 12.7. The Bertz CT molecular complexity index is 1760. The molecular formula is C25H20O13S. The number of rotatable bonds is 6. The third-order valence-electron chi connectivity index (χ3n) is 5.92. The maximum atomic E-state index is 12.7. The molecule has 13 nitrogen and oxygen atoms in total. The van der Waals surface area contributed by atoms with E-state index in [0.29, 0.717) is 5.56 Å². The third-order valence-corrected chi connectivity index (χ3v) is 6.36. The molecule has 0 saturated heterocycles. The molecule has 0 radical (unpaired) electrons. The van der Waals surface area contributed by atoms with Crippen LogP contribution in [0, 0.1) is 0 Å². The molecule has 2 heterocycles. The summed E-state index contributed by atoms with van der Waals surface area (Å²) in [5, 5.41) is 40.0. The zero-order chi connectivity index (χ0) is 28.1. The Morgan fingerprint density at radius 1 is 0.923 bits per heavy atom. The topological polar surface area (TPSA) is 202 Å². The minimum absolute atomic E-state index is 0.0912. The van der Waals surface area contributed by atoms with Crippen LogP contribution in [0.3, 0.4) is 0 Å². The molecule has 0 saturated carbocycles. The first-order chi connectivity index (χ1) is 18.4. The van der Waals surface area contributed by atoms with Crippen molar-refractivity contribution in [2.75, 3.05) is 13.7 Å². The minimum atomic E-state index is -4.81. The van der Waals surface area contributed by atoms with Crippen LogP contribution >= 0.6 is 0 Å². The van der Waals surface area contributed by atoms with Gasteiger partial charge in [-0.05, 0) is 30.3 Å². The van der Waals surface area contributed by atoms with Gasteiger partial charge in [-0.15, -0.1) is 0 Å². The zero-order valence-corrected chi connectivity index (χ0v) is 20.7. The van der Waals surface area contributed by atoms with Gasteiger partial charge in [0.05, 0.1) is 7.11 Å². The lowest BCUT2D eigenvalue weighted by Crippen LogP contribution is -2.37. The summed E-state index contributed by atoms with van der Waals surface area (Å²) in [6.07, 6.45) is -2.15. The molecule has 0 fully saturated rings. The van der Waals surface area contributed by atoms with Crippen LogP contribution in [0.5, 0.6) is 40.2 Å². The highest BCUT2D eigenvalue weighted by Gasteiger charge is 2.35. The fourth-order valence-corrected chi connectivity index (χ4v) is 4.48. The third kappa shape index (κ3) is 4.95. The number of fused-ring (bicyclic) bond motifs is 2. The largest absolute Gasteiger partial charge is 0.508 e. The molecule has 2 unspecified atom stereocenters. The summed E-state index contributed by atoms with van der Waals surface area (Å²) in [6.45, 7) is -0.638. The van der Waals surface area contributed by atoms with Crippen molar-refractivity contribution in [3.05, 3.63) is 64.3 Å². The van der Waals surface area contributed by atoms with E-state index in [1.165, 1.54) is 43.5 Å². The lowest BCUT2D eigenvalue weighted by molar-refractivity contribution is -0.00718. The van der Waals surface area contributed by atoms with Crippen LogP contribution in [-0.4, -0.2) is 53.2 Å². The molecule has 5 N–H and O–H groups in total. The second kappa shape index (κ2) is 9.58. The van der Waals surface area contributed by atoms with Gasteiger partial charge in [0.2, 0.25) is 11.2 Å². The molecule has 4 aromatic rings. The summed E-state index contributed by atoms with van der Waals surface area (Å²) in [5.74, 6) is -1.88. The molecule has 1 aliphatic heterocycles. The van der Waals surface area contributed by atoms with E-state index in [4.69, 9.17) is 23.2 Å². The van der Waals surface area contributed by atoms with Crippen LogP contribution in [0.4, 0.5) is 0 Å². The summed E-state index contributed by atoms with van der Waals surface area (Å²) in [7, 11) is -3.47. The van der Waals surface area contributed by atoms with E-state index in [1.54, 1.807) is 0 Å². The molecule has 0 bridgehead atoms. The molecule has 39 heavy (non-hydrogen) atoms. The van der Waals surface area contributed by atoms with Crippen LogP contribution < -0.4 is 19.6 Å². The smallest absolute Gasteiger partial charge is 0.397 e. The van der Waals surface area contributed by atoms with Crippen molar-refractivity contribution in [1.29, 1.82) is 0 Å². The Morgan fingerprint density at radius 3 is 2.41 bits per heavy atom. The van der Waals surface area contributed by atoms with Crippen LogP contribution in [0.1, 0.15) is 11.7 Å². The highest BCUT2D eigenvalue weighted by molar-refractivity contribution is 7.80. The van der Waals surface area contributed by atoms with Gasteiger partial charge >= 0.3 is 10.4 Å². The summed E-state index contributed by atoms with van der Waals surface area (Å²) in [6, 6.07) is 10.5. The number of hydrogen-bond acceptors (Lipinski definition) is 12. The van der Waals surface area contributed by atoms with Gasteiger partial charge in [-0.3, -0.25) is 9.35 Å². The Kier molecular flexibility index (Phi) is 6.38. The second-order valence-electron chi connectivity index (χ2n) is 8.45. The van der Waals surface area contributed by atoms with E-state index in [0.717, 1.165) is 12.1 Å². The summed E-state index contributed by atoms with van der Waals surface area (Å²) in [5.41, 5.74) is -0.575. The number of benzene rings is 3. The van der Waals surface area contributed by atoms with E-state index in [9.17, 15) is 33.6 Å². The van der Waals surface area contributed by atoms with Crippen LogP contribution in [0.15, 0.2) is 57.7 Å². The number of phenols is 3. The number of phenolic OH excluding ortho intramolecular Hbond substituents is 3. The lowest BCUT2D eigenvalue weighted by Gasteiger charge is -2.34. The van der Waals surface area contributed by atoms with E-state index in [1.807, 2.05) is 0 Å². The van der Waals surface area contributed by atoms with Gasteiger partial charge in [-0.2, -0.15) is 8.42 Å². The van der Waals surface area contributed by atoms with Gasteiger partial charge in [0.1, 0.15) is 29.1 Å². The van der Waals surface area contributed by atoms with Crippen molar-refractivity contribution in [2.45, 2.75) is 12.2 Å². The predicted octanol–water partition coefficient (Wildman–Crippen LogP) is 2.99. The van der Waals surface area contributed by atoms with Crippen molar-refractivity contribution in [3.63, 3.8) is 0 Å². The highest BCUT2D eigenvalue weighted by Crippen LogP contribution is 2.44. The molecule has 0 amide bonds. The summed E-state index contributed by atoms with van der Waals surface area (Å²) >= 11 is 0. The maximum Gasteiger partial charge on any atom is 0.397 e. The molecular weight excluding hydrogens is 540 g/mol. The second-order valence-corrected chi connectivity index (χ2v) is 9.54. The van der Waals surface area contributed by atoms with Crippen molar-refractivity contribution in [2.24, 2.45) is 0 Å². The predicted molar refractivity (Wildman–Crippen MR) is 133 cm³/mol. The van der Waals surface area contributed by atoms with E-state index >= 15 is 0 Å². The quantitative estimate of drug-likeness (QED) is 0.216.